The van der Waals surface area contributed by atoms with Crippen molar-refractivity contribution in [3.8, 4) is 0 Å². The van der Waals surface area contributed by atoms with Gasteiger partial charge in [0.15, 0.2) is 11.7 Å². The van der Waals surface area contributed by atoms with E-state index in [4.69, 9.17) is 21.8 Å². The van der Waals surface area contributed by atoms with E-state index in [1.54, 1.807) is 12.1 Å². The average Bonchev–Trinajstić information content (AvgIpc) is 3.02. The highest BCUT2D eigenvalue weighted by Crippen LogP contribution is 2.16. The van der Waals surface area contributed by atoms with E-state index in [0.29, 0.717) is 23.3 Å². The van der Waals surface area contributed by atoms with E-state index in [-0.39, 0.29) is 11.8 Å². The quantitative estimate of drug-likeness (QED) is 0.553. The Morgan fingerprint density at radius 1 is 1.29 bits per heavy atom. The fourth-order valence-electron chi connectivity index (χ4n) is 2.11. The summed E-state index contributed by atoms with van der Waals surface area (Å²) in [5.74, 6) is 0.761. The molecule has 1 amide bonds. The van der Waals surface area contributed by atoms with Gasteiger partial charge in [-0.1, -0.05) is 23.7 Å². The smallest absolute Gasteiger partial charge is 0.284 e. The summed E-state index contributed by atoms with van der Waals surface area (Å²) in [6.07, 6.45) is 0. The molecule has 128 valence electrons. The van der Waals surface area contributed by atoms with E-state index in [1.807, 2.05) is 38.1 Å². The van der Waals surface area contributed by atoms with Crippen LogP contribution < -0.4 is 16.4 Å². The fourth-order valence-corrected chi connectivity index (χ4v) is 2.24. The van der Waals surface area contributed by atoms with Gasteiger partial charge in [0.25, 0.3) is 5.91 Å². The van der Waals surface area contributed by atoms with Gasteiger partial charge < -0.3 is 20.8 Å². The van der Waals surface area contributed by atoms with E-state index in [2.05, 4.69) is 15.6 Å². The number of furan rings is 1. The molecule has 1 heterocycles. The molecule has 4 N–H and O–H groups in total. The molecular formula is C17H21ClN4O2. The van der Waals surface area contributed by atoms with Crippen molar-refractivity contribution in [2.24, 2.45) is 10.7 Å². The first-order valence-corrected chi connectivity index (χ1v) is 8.06. The van der Waals surface area contributed by atoms with Crippen molar-refractivity contribution in [1.82, 2.24) is 10.6 Å². The van der Waals surface area contributed by atoms with Crippen LogP contribution in [0.5, 0.6) is 0 Å². The van der Waals surface area contributed by atoms with Crippen LogP contribution in [-0.2, 0) is 6.54 Å². The summed E-state index contributed by atoms with van der Waals surface area (Å²) >= 11 is 5.91. The first-order valence-electron chi connectivity index (χ1n) is 7.68. The van der Waals surface area contributed by atoms with Crippen LogP contribution in [0.25, 0.3) is 0 Å². The Hall–Kier alpha value is -2.47. The van der Waals surface area contributed by atoms with E-state index >= 15 is 0 Å². The van der Waals surface area contributed by atoms with Crippen LogP contribution in [-0.4, -0.2) is 18.4 Å². The lowest BCUT2D eigenvalue weighted by Gasteiger charge is -2.18. The molecule has 0 fully saturated rings. The number of hydrogen-bond acceptors (Lipinski definition) is 3. The number of amides is 1. The number of primary amides is 1. The van der Waals surface area contributed by atoms with Crippen molar-refractivity contribution < 1.29 is 9.21 Å². The number of aliphatic imine (C=N–C) groups is 1. The predicted molar refractivity (Wildman–Crippen MR) is 95.0 cm³/mol. The van der Waals surface area contributed by atoms with E-state index < -0.39 is 5.91 Å². The number of nitrogens with two attached hydrogens (primary N) is 1. The van der Waals surface area contributed by atoms with Gasteiger partial charge in [-0.2, -0.15) is 0 Å². The van der Waals surface area contributed by atoms with Gasteiger partial charge in [0.1, 0.15) is 12.3 Å². The first-order chi connectivity index (χ1) is 11.5. The topological polar surface area (TPSA) is 92.6 Å². The number of rotatable bonds is 6. The van der Waals surface area contributed by atoms with Crippen molar-refractivity contribution in [3.05, 3.63) is 58.5 Å². The maximum atomic E-state index is 11.0. The molecule has 0 aliphatic heterocycles. The first kappa shape index (κ1) is 17.9. The van der Waals surface area contributed by atoms with Crippen molar-refractivity contribution in [2.75, 3.05) is 6.54 Å². The predicted octanol–water partition coefficient (Wildman–Crippen LogP) is 2.85. The SMILES string of the molecule is CCNC(=NCc1ccc(C(N)=O)o1)NC(C)c1ccc(Cl)cc1. The number of carbonyl (C=O) groups excluding carboxylic acids is 1. The van der Waals surface area contributed by atoms with Crippen molar-refractivity contribution >= 4 is 23.5 Å². The van der Waals surface area contributed by atoms with Crippen LogP contribution in [0.1, 0.15) is 41.8 Å². The Morgan fingerprint density at radius 2 is 2.00 bits per heavy atom. The number of nitrogens with one attached hydrogen (secondary N) is 2. The third-order valence-electron chi connectivity index (χ3n) is 3.36. The molecule has 24 heavy (non-hydrogen) atoms. The maximum absolute atomic E-state index is 11.0. The monoisotopic (exact) mass is 348 g/mol. The van der Waals surface area contributed by atoms with Crippen LogP contribution in [0.15, 0.2) is 45.8 Å². The van der Waals surface area contributed by atoms with E-state index in [9.17, 15) is 4.79 Å². The van der Waals surface area contributed by atoms with Gasteiger partial charge in [-0.3, -0.25) is 4.79 Å². The van der Waals surface area contributed by atoms with Crippen LogP contribution in [0.4, 0.5) is 0 Å². The Morgan fingerprint density at radius 3 is 2.58 bits per heavy atom. The zero-order chi connectivity index (χ0) is 17.5. The largest absolute Gasteiger partial charge is 0.454 e. The molecule has 1 atom stereocenters. The molecule has 1 aromatic heterocycles. The second kappa shape index (κ2) is 8.40. The lowest BCUT2D eigenvalue weighted by Crippen LogP contribution is -2.38. The van der Waals surface area contributed by atoms with Crippen molar-refractivity contribution in [1.29, 1.82) is 0 Å². The third kappa shape index (κ3) is 5.03. The molecule has 0 aliphatic rings. The van der Waals surface area contributed by atoms with Crippen LogP contribution in [0.3, 0.4) is 0 Å². The van der Waals surface area contributed by atoms with E-state index in [1.165, 1.54) is 0 Å². The van der Waals surface area contributed by atoms with Crippen LogP contribution >= 0.6 is 11.6 Å². The fraction of sp³-hybridized carbons (Fsp3) is 0.294. The minimum Gasteiger partial charge on any atom is -0.454 e. The summed E-state index contributed by atoms with van der Waals surface area (Å²) in [6.45, 7) is 5.05. The van der Waals surface area contributed by atoms with Gasteiger partial charge in [0, 0.05) is 11.6 Å². The minimum absolute atomic E-state index is 0.0536. The molecule has 7 heteroatoms. The Kier molecular flexibility index (Phi) is 6.26. The molecule has 0 radical (unpaired) electrons. The summed E-state index contributed by atoms with van der Waals surface area (Å²) in [4.78, 5) is 15.5. The molecule has 1 unspecified atom stereocenters. The summed E-state index contributed by atoms with van der Waals surface area (Å²) in [5, 5.41) is 7.19. The van der Waals surface area contributed by atoms with E-state index in [0.717, 1.165) is 12.1 Å². The molecule has 0 saturated heterocycles. The molecule has 2 aromatic rings. The summed E-state index contributed by atoms with van der Waals surface area (Å²) in [6, 6.07) is 10.9. The molecule has 6 nitrogen and oxygen atoms in total. The molecule has 0 saturated carbocycles. The molecule has 2 rings (SSSR count). The van der Waals surface area contributed by atoms with Gasteiger partial charge in [-0.25, -0.2) is 4.99 Å². The Labute approximate surface area is 146 Å². The zero-order valence-corrected chi connectivity index (χ0v) is 14.4. The molecule has 0 spiro atoms. The molecule has 0 bridgehead atoms. The average molecular weight is 349 g/mol. The van der Waals surface area contributed by atoms with Crippen molar-refractivity contribution in [3.63, 3.8) is 0 Å². The van der Waals surface area contributed by atoms with Gasteiger partial charge in [0.05, 0.1) is 6.04 Å². The number of benzene rings is 1. The van der Waals surface area contributed by atoms with Gasteiger partial charge in [0.2, 0.25) is 0 Å². The standard InChI is InChI=1S/C17H21ClN4O2/c1-3-20-17(21-10-14-8-9-15(24-14)16(19)23)22-11(2)12-4-6-13(18)7-5-12/h4-9,11H,3,10H2,1-2H3,(H2,19,23)(H2,20,21,22). The van der Waals surface area contributed by atoms with Gasteiger partial charge in [-0.15, -0.1) is 0 Å². The Balaban J connectivity index is 2.04. The zero-order valence-electron chi connectivity index (χ0n) is 13.7. The summed E-state index contributed by atoms with van der Waals surface area (Å²) in [5.41, 5.74) is 6.27. The van der Waals surface area contributed by atoms with Gasteiger partial charge in [-0.05, 0) is 43.7 Å². The van der Waals surface area contributed by atoms with Crippen LogP contribution in [0, 0.1) is 0 Å². The second-order valence-electron chi connectivity index (χ2n) is 5.24. The summed E-state index contributed by atoms with van der Waals surface area (Å²) in [7, 11) is 0. The highest BCUT2D eigenvalue weighted by atomic mass is 35.5. The van der Waals surface area contributed by atoms with Gasteiger partial charge >= 0.3 is 0 Å². The number of halogens is 1. The Bertz CT molecular complexity index is 710. The minimum atomic E-state index is -0.591. The second-order valence-corrected chi connectivity index (χ2v) is 5.68. The highest BCUT2D eigenvalue weighted by Gasteiger charge is 2.09. The van der Waals surface area contributed by atoms with Crippen LogP contribution in [0.2, 0.25) is 5.02 Å². The normalized spacial score (nSPS) is 12.7. The van der Waals surface area contributed by atoms with Crippen molar-refractivity contribution in [2.45, 2.75) is 26.4 Å². The number of carbonyl (C=O) groups is 1. The number of guanidine groups is 1. The third-order valence-corrected chi connectivity index (χ3v) is 3.62. The number of nitrogens with zero attached hydrogens (tertiary/aromatic N) is 1. The summed E-state index contributed by atoms with van der Waals surface area (Å²) < 4.78 is 5.32. The molecular weight excluding hydrogens is 328 g/mol. The maximum Gasteiger partial charge on any atom is 0.284 e. The molecule has 0 aliphatic carbocycles. The lowest BCUT2D eigenvalue weighted by atomic mass is 10.1. The molecule has 1 aromatic carbocycles. The number of hydrogen-bond donors (Lipinski definition) is 3. The highest BCUT2D eigenvalue weighted by molar-refractivity contribution is 6.30. The lowest BCUT2D eigenvalue weighted by molar-refractivity contribution is 0.0972.